The second-order valence-electron chi connectivity index (χ2n) is 0.540. The molecule has 0 amide bonds. The molecule has 0 spiro atoms. The summed E-state index contributed by atoms with van der Waals surface area (Å²) in [5, 5.41) is 0. The van der Waals surface area contributed by atoms with E-state index in [2.05, 4.69) is 10.7 Å². The van der Waals surface area contributed by atoms with Crippen LogP contribution in [0.4, 0.5) is 0 Å². The van der Waals surface area contributed by atoms with E-state index in [9.17, 15) is 8.42 Å². The normalized spacial score (nSPS) is 21.2. The van der Waals surface area contributed by atoms with Crippen molar-refractivity contribution >= 4 is 19.9 Å². The van der Waals surface area contributed by atoms with Crippen molar-refractivity contribution < 1.29 is 12.5 Å². The van der Waals surface area contributed by atoms with Crippen molar-refractivity contribution in [3.8, 4) is 0 Å². The van der Waals surface area contributed by atoms with E-state index in [4.69, 9.17) is 4.11 Å². The van der Waals surface area contributed by atoms with Crippen molar-refractivity contribution in [2.75, 3.05) is 6.98 Å². The first-order valence-electron chi connectivity index (χ1n) is 2.44. The van der Waals surface area contributed by atoms with Crippen molar-refractivity contribution in [2.24, 2.45) is 0 Å². The Morgan fingerprint density at radius 2 is 2.50 bits per heavy atom. The summed E-state index contributed by atoms with van der Waals surface area (Å²) < 4.78 is 40.1. The topological polar surface area (TPSA) is 46.2 Å². The third kappa shape index (κ3) is 4.20. The van der Waals surface area contributed by atoms with Gasteiger partial charge in [-0.05, 0) is 0 Å². The SMILES string of the molecule is [2H]C([2H])([2H])NS(=O)(=O)Cl. The molecule has 0 bridgehead atoms. The Balaban J connectivity index is 4.07. The number of hydrogen-bond donors (Lipinski definition) is 1. The number of halogens is 1. The lowest BCUT2D eigenvalue weighted by Crippen LogP contribution is -2.09. The summed E-state index contributed by atoms with van der Waals surface area (Å²) in [4.78, 5) is 0. The highest BCUT2D eigenvalue weighted by Crippen LogP contribution is 1.83. The molecular formula is CH4ClNO2S. The van der Waals surface area contributed by atoms with E-state index >= 15 is 0 Å². The maximum Gasteiger partial charge on any atom is 0.297 e. The first-order chi connectivity index (χ1) is 3.71. The van der Waals surface area contributed by atoms with Gasteiger partial charge in [0.15, 0.2) is 0 Å². The average molecular weight is 133 g/mol. The first kappa shape index (κ1) is 2.49. The molecule has 6 heavy (non-hydrogen) atoms. The van der Waals surface area contributed by atoms with Crippen LogP contribution in [0, 0.1) is 0 Å². The Hall–Kier alpha value is 0.200. The zero-order valence-electron chi connectivity index (χ0n) is 5.60. The Kier molecular flexibility index (Phi) is 0.735. The fraction of sp³-hybridized carbons (Fsp3) is 1.00. The van der Waals surface area contributed by atoms with Crippen molar-refractivity contribution in [1.29, 1.82) is 0 Å². The molecule has 38 valence electrons. The summed E-state index contributed by atoms with van der Waals surface area (Å²) >= 11 is 0. The van der Waals surface area contributed by atoms with Crippen molar-refractivity contribution in [3.05, 3.63) is 0 Å². The quantitative estimate of drug-likeness (QED) is 0.498. The molecule has 0 aliphatic rings. The van der Waals surface area contributed by atoms with E-state index in [0.717, 1.165) is 0 Å². The summed E-state index contributed by atoms with van der Waals surface area (Å²) in [7, 11) is 0.397. The van der Waals surface area contributed by atoms with Crippen LogP contribution in [0.25, 0.3) is 0 Å². The molecule has 0 saturated heterocycles. The summed E-state index contributed by atoms with van der Waals surface area (Å²) in [5.41, 5.74) is 0. The van der Waals surface area contributed by atoms with Gasteiger partial charge in [0.25, 0.3) is 9.24 Å². The maximum absolute atomic E-state index is 9.94. The van der Waals surface area contributed by atoms with E-state index in [1.807, 2.05) is 0 Å². The smallest absolute Gasteiger partial charge is 0.205 e. The number of rotatable bonds is 1. The van der Waals surface area contributed by atoms with Crippen LogP contribution in [-0.4, -0.2) is 15.4 Å². The summed E-state index contributed by atoms with van der Waals surface area (Å²) in [6.07, 6.45) is 0. The lowest BCUT2D eigenvalue weighted by molar-refractivity contribution is 0.602. The standard InChI is InChI=1S/CH4ClNO2S/c1-3-6(2,4)5/h3H,1H3/i1D3. The van der Waals surface area contributed by atoms with E-state index < -0.39 is 16.2 Å². The van der Waals surface area contributed by atoms with Crippen LogP contribution in [0.1, 0.15) is 4.11 Å². The molecule has 0 rings (SSSR count). The number of hydrogen-bond acceptors (Lipinski definition) is 2. The molecule has 0 atom stereocenters. The van der Waals surface area contributed by atoms with E-state index in [1.165, 1.54) is 4.72 Å². The molecule has 0 unspecified atom stereocenters. The second-order valence-corrected chi connectivity index (χ2v) is 2.84. The lowest BCUT2D eigenvalue weighted by atomic mass is 11.6. The minimum Gasteiger partial charge on any atom is -0.205 e. The van der Waals surface area contributed by atoms with Crippen molar-refractivity contribution in [2.45, 2.75) is 0 Å². The van der Waals surface area contributed by atoms with E-state index in [0.29, 0.717) is 0 Å². The van der Waals surface area contributed by atoms with Gasteiger partial charge in [0.1, 0.15) is 0 Å². The van der Waals surface area contributed by atoms with Gasteiger partial charge in [0, 0.05) is 21.8 Å². The van der Waals surface area contributed by atoms with Gasteiger partial charge in [0.2, 0.25) is 0 Å². The Morgan fingerprint density at radius 1 is 2.00 bits per heavy atom. The molecule has 0 fully saturated rings. The van der Waals surface area contributed by atoms with Gasteiger partial charge >= 0.3 is 0 Å². The van der Waals surface area contributed by atoms with Crippen LogP contribution in [0.2, 0.25) is 0 Å². The van der Waals surface area contributed by atoms with Crippen molar-refractivity contribution in [1.82, 2.24) is 4.72 Å². The highest BCUT2D eigenvalue weighted by molar-refractivity contribution is 8.12. The molecule has 0 aromatic carbocycles. The zero-order chi connectivity index (χ0) is 7.71. The largest absolute Gasteiger partial charge is 0.297 e. The molecule has 5 heteroatoms. The monoisotopic (exact) mass is 132 g/mol. The highest BCUT2D eigenvalue weighted by atomic mass is 35.7. The van der Waals surface area contributed by atoms with Crippen LogP contribution >= 0.6 is 10.7 Å². The highest BCUT2D eigenvalue weighted by Gasteiger charge is 1.92. The van der Waals surface area contributed by atoms with E-state index in [-0.39, 0.29) is 0 Å². The minimum absolute atomic E-state index is 1.20. The third-order valence-corrected chi connectivity index (χ3v) is 0.597. The summed E-state index contributed by atoms with van der Waals surface area (Å²) in [6, 6.07) is 0. The van der Waals surface area contributed by atoms with Crippen LogP contribution in [0.3, 0.4) is 0 Å². The Morgan fingerprint density at radius 3 is 2.50 bits per heavy atom. The van der Waals surface area contributed by atoms with Crippen molar-refractivity contribution in [3.63, 3.8) is 0 Å². The lowest BCUT2D eigenvalue weighted by Gasteiger charge is -1.81. The van der Waals surface area contributed by atoms with Gasteiger partial charge in [-0.1, -0.05) is 0 Å². The predicted octanol–water partition coefficient (Wildman–Crippen LogP) is -0.311. The fourth-order valence-electron chi connectivity index (χ4n) is 0. The number of nitrogens with one attached hydrogen (secondary N) is 1. The van der Waals surface area contributed by atoms with Gasteiger partial charge in [-0.25, -0.2) is 4.72 Å². The molecule has 0 aromatic heterocycles. The van der Waals surface area contributed by atoms with Gasteiger partial charge < -0.3 is 0 Å². The molecule has 0 radical (unpaired) electrons. The van der Waals surface area contributed by atoms with Crippen LogP contribution in [0.15, 0.2) is 0 Å². The molecule has 0 saturated carbocycles. The average Bonchev–Trinajstić information content (AvgIpc) is 1.14. The van der Waals surface area contributed by atoms with E-state index in [1.54, 1.807) is 0 Å². The minimum atomic E-state index is -4.12. The molecule has 0 aromatic rings. The summed E-state index contributed by atoms with van der Waals surface area (Å²) in [6.45, 7) is -2.74. The maximum atomic E-state index is 9.94. The molecule has 0 aliphatic heterocycles. The molecule has 0 heterocycles. The molecule has 1 N–H and O–H groups in total. The zero-order valence-corrected chi connectivity index (χ0v) is 4.18. The first-order valence-corrected chi connectivity index (χ1v) is 3.25. The summed E-state index contributed by atoms with van der Waals surface area (Å²) in [5.74, 6) is 0. The van der Waals surface area contributed by atoms with Gasteiger partial charge in [-0.15, -0.1) is 0 Å². The van der Waals surface area contributed by atoms with Crippen LogP contribution in [-0.2, 0) is 9.24 Å². The third-order valence-electron chi connectivity index (χ3n) is 0.122. The molecule has 0 aliphatic carbocycles. The van der Waals surface area contributed by atoms with Crippen LogP contribution in [0.5, 0.6) is 0 Å². The van der Waals surface area contributed by atoms with Gasteiger partial charge in [-0.2, -0.15) is 8.42 Å². The Labute approximate surface area is 45.1 Å². The van der Waals surface area contributed by atoms with Crippen LogP contribution < -0.4 is 4.72 Å². The fourth-order valence-corrected chi connectivity index (χ4v) is 0. The Bertz CT molecular complexity index is 182. The predicted molar refractivity (Wildman–Crippen MR) is 23.8 cm³/mol. The molecular weight excluding hydrogens is 126 g/mol. The second kappa shape index (κ2) is 1.77. The molecule has 3 nitrogen and oxygen atoms in total. The van der Waals surface area contributed by atoms with Gasteiger partial charge in [-0.3, -0.25) is 0 Å². The van der Waals surface area contributed by atoms with Gasteiger partial charge in [0.05, 0.1) is 0 Å².